The maximum Gasteiger partial charge on any atom is 0.282 e. The Kier molecular flexibility index (Phi) is 8.15. The first-order chi connectivity index (χ1) is 15.3. The van der Waals surface area contributed by atoms with Gasteiger partial charge in [0.25, 0.3) is 16.1 Å². The van der Waals surface area contributed by atoms with Crippen LogP contribution in [0.2, 0.25) is 0 Å². The van der Waals surface area contributed by atoms with Crippen LogP contribution in [-0.4, -0.2) is 73.2 Å². The Hall–Kier alpha value is -2.15. The average Bonchev–Trinajstić information content (AvgIpc) is 2.82. The van der Waals surface area contributed by atoms with E-state index < -0.39 is 16.3 Å². The van der Waals surface area contributed by atoms with Gasteiger partial charge in [-0.05, 0) is 30.9 Å². The van der Waals surface area contributed by atoms with Crippen molar-refractivity contribution < 1.29 is 17.9 Å². The third-order valence-electron chi connectivity index (χ3n) is 6.44. The summed E-state index contributed by atoms with van der Waals surface area (Å²) in [6.45, 7) is 4.98. The molecule has 1 amide bonds. The first kappa shape index (κ1) is 24.5. The lowest BCUT2D eigenvalue weighted by molar-refractivity contribution is -0.142. The van der Waals surface area contributed by atoms with Crippen molar-refractivity contribution in [2.75, 3.05) is 33.2 Å². The van der Waals surface area contributed by atoms with E-state index >= 15 is 0 Å². The number of benzene rings is 1. The maximum absolute atomic E-state index is 13.2. The third kappa shape index (κ3) is 5.42. The standard InChI is InChI=1S/C23H34N4O4S/c1-18(2)22(31-21-12-8-7-9-19(21)17-24)23(28)26-13-15-27(16-14-26)32(29,30)25(3)20-10-5-4-6-11-20/h7-9,12,18,20,22H,4-6,10-11,13-16H2,1-3H3. The second-order valence-electron chi connectivity index (χ2n) is 8.93. The highest BCUT2D eigenvalue weighted by Crippen LogP contribution is 2.26. The van der Waals surface area contributed by atoms with Crippen LogP contribution in [-0.2, 0) is 15.0 Å². The van der Waals surface area contributed by atoms with Gasteiger partial charge in [-0.2, -0.15) is 22.3 Å². The largest absolute Gasteiger partial charge is 0.479 e. The molecule has 1 saturated heterocycles. The molecule has 1 aromatic carbocycles. The van der Waals surface area contributed by atoms with E-state index in [1.807, 2.05) is 13.8 Å². The van der Waals surface area contributed by atoms with Crippen LogP contribution in [0.25, 0.3) is 0 Å². The molecule has 0 spiro atoms. The molecule has 1 atom stereocenters. The lowest BCUT2D eigenvalue weighted by Crippen LogP contribution is -2.57. The van der Waals surface area contributed by atoms with Gasteiger partial charge in [0.2, 0.25) is 0 Å². The molecule has 0 bridgehead atoms. The first-order valence-corrected chi connectivity index (χ1v) is 12.8. The summed E-state index contributed by atoms with van der Waals surface area (Å²) in [4.78, 5) is 14.9. The smallest absolute Gasteiger partial charge is 0.282 e. The summed E-state index contributed by atoms with van der Waals surface area (Å²) >= 11 is 0. The molecule has 2 fully saturated rings. The van der Waals surface area contributed by atoms with Gasteiger partial charge in [-0.1, -0.05) is 45.2 Å². The Morgan fingerprint density at radius 3 is 2.34 bits per heavy atom. The monoisotopic (exact) mass is 462 g/mol. The van der Waals surface area contributed by atoms with Gasteiger partial charge in [-0.15, -0.1) is 0 Å². The Bertz CT molecular complexity index is 930. The summed E-state index contributed by atoms with van der Waals surface area (Å²) in [7, 11) is -1.86. The van der Waals surface area contributed by atoms with E-state index in [1.165, 1.54) is 15.0 Å². The van der Waals surface area contributed by atoms with Gasteiger partial charge in [0.05, 0.1) is 5.56 Å². The van der Waals surface area contributed by atoms with Gasteiger partial charge >= 0.3 is 0 Å². The van der Waals surface area contributed by atoms with Gasteiger partial charge in [-0.3, -0.25) is 4.79 Å². The molecule has 2 aliphatic rings. The van der Waals surface area contributed by atoms with E-state index in [2.05, 4.69) is 6.07 Å². The van der Waals surface area contributed by atoms with Crippen molar-refractivity contribution >= 4 is 16.1 Å². The summed E-state index contributed by atoms with van der Waals surface area (Å²) in [5.41, 5.74) is 0.382. The summed E-state index contributed by atoms with van der Waals surface area (Å²) in [5, 5.41) is 9.31. The van der Waals surface area contributed by atoms with Crippen molar-refractivity contribution in [2.45, 2.75) is 58.1 Å². The zero-order chi connectivity index (χ0) is 23.3. The number of rotatable bonds is 7. The van der Waals surface area contributed by atoms with E-state index in [9.17, 15) is 18.5 Å². The molecule has 1 heterocycles. The first-order valence-electron chi connectivity index (χ1n) is 11.4. The molecule has 1 saturated carbocycles. The fourth-order valence-corrected chi connectivity index (χ4v) is 5.98. The molecule has 32 heavy (non-hydrogen) atoms. The molecule has 0 radical (unpaired) electrons. The van der Waals surface area contributed by atoms with Crippen molar-refractivity contribution in [1.29, 1.82) is 5.26 Å². The van der Waals surface area contributed by atoms with Crippen LogP contribution in [0.4, 0.5) is 0 Å². The van der Waals surface area contributed by atoms with Crippen molar-refractivity contribution in [3.63, 3.8) is 0 Å². The zero-order valence-electron chi connectivity index (χ0n) is 19.2. The van der Waals surface area contributed by atoms with Gasteiger partial charge in [-0.25, -0.2) is 0 Å². The Morgan fingerprint density at radius 2 is 1.75 bits per heavy atom. The van der Waals surface area contributed by atoms with Crippen molar-refractivity contribution in [2.24, 2.45) is 5.92 Å². The van der Waals surface area contributed by atoms with Crippen molar-refractivity contribution in [3.05, 3.63) is 29.8 Å². The summed E-state index contributed by atoms with van der Waals surface area (Å²) < 4.78 is 35.2. The number of nitriles is 1. The summed E-state index contributed by atoms with van der Waals surface area (Å²) in [6, 6.07) is 9.02. The van der Waals surface area contributed by atoms with Gasteiger partial charge in [0, 0.05) is 39.3 Å². The van der Waals surface area contributed by atoms with Gasteiger partial charge in [0.1, 0.15) is 11.8 Å². The third-order valence-corrected chi connectivity index (χ3v) is 8.48. The minimum Gasteiger partial charge on any atom is -0.479 e. The minimum atomic E-state index is -3.54. The fourth-order valence-electron chi connectivity index (χ4n) is 4.40. The Balaban J connectivity index is 1.63. The van der Waals surface area contributed by atoms with Gasteiger partial charge < -0.3 is 9.64 Å². The number of ether oxygens (including phenoxy) is 1. The molecule has 1 aliphatic carbocycles. The predicted octanol–water partition coefficient (Wildman–Crippen LogP) is 2.62. The number of piperazine rings is 1. The molecule has 1 aromatic rings. The van der Waals surface area contributed by atoms with E-state index in [0.29, 0.717) is 24.4 Å². The fraction of sp³-hybridized carbons (Fsp3) is 0.652. The molecular weight excluding hydrogens is 428 g/mol. The Labute approximate surface area is 191 Å². The number of nitrogens with zero attached hydrogens (tertiary/aromatic N) is 4. The van der Waals surface area contributed by atoms with Crippen LogP contribution in [0.3, 0.4) is 0 Å². The number of para-hydroxylation sites is 1. The van der Waals surface area contributed by atoms with Crippen molar-refractivity contribution in [3.8, 4) is 11.8 Å². The maximum atomic E-state index is 13.2. The van der Waals surface area contributed by atoms with Crippen LogP contribution in [0.15, 0.2) is 24.3 Å². The quantitative estimate of drug-likeness (QED) is 0.621. The predicted molar refractivity (Wildman–Crippen MR) is 122 cm³/mol. The topological polar surface area (TPSA) is 94.0 Å². The number of carbonyl (C=O) groups is 1. The average molecular weight is 463 g/mol. The number of carbonyl (C=O) groups excluding carboxylic acids is 1. The number of hydrogen-bond acceptors (Lipinski definition) is 5. The number of amides is 1. The van der Waals surface area contributed by atoms with Crippen LogP contribution in [0, 0.1) is 17.2 Å². The lowest BCUT2D eigenvalue weighted by atomic mass is 9.96. The highest BCUT2D eigenvalue weighted by atomic mass is 32.2. The van der Waals surface area contributed by atoms with Crippen LogP contribution >= 0.6 is 0 Å². The molecule has 0 aromatic heterocycles. The molecule has 3 rings (SSSR count). The Morgan fingerprint density at radius 1 is 1.12 bits per heavy atom. The van der Waals surface area contributed by atoms with E-state index in [-0.39, 0.29) is 31.0 Å². The lowest BCUT2D eigenvalue weighted by Gasteiger charge is -2.39. The molecule has 0 N–H and O–H groups in total. The van der Waals surface area contributed by atoms with E-state index in [1.54, 1.807) is 36.2 Å². The second kappa shape index (κ2) is 10.6. The van der Waals surface area contributed by atoms with E-state index in [0.717, 1.165) is 25.7 Å². The van der Waals surface area contributed by atoms with Crippen molar-refractivity contribution in [1.82, 2.24) is 13.5 Å². The molecule has 8 nitrogen and oxygen atoms in total. The molecule has 9 heteroatoms. The molecule has 176 valence electrons. The second-order valence-corrected chi connectivity index (χ2v) is 10.9. The molecule has 1 aliphatic heterocycles. The van der Waals surface area contributed by atoms with Crippen LogP contribution in [0.5, 0.6) is 5.75 Å². The van der Waals surface area contributed by atoms with E-state index in [4.69, 9.17) is 4.74 Å². The molecule has 1 unspecified atom stereocenters. The van der Waals surface area contributed by atoms with Crippen LogP contribution in [0.1, 0.15) is 51.5 Å². The van der Waals surface area contributed by atoms with Gasteiger partial charge in [0.15, 0.2) is 6.10 Å². The van der Waals surface area contributed by atoms with Crippen LogP contribution < -0.4 is 4.74 Å². The highest BCUT2D eigenvalue weighted by molar-refractivity contribution is 7.86. The zero-order valence-corrected chi connectivity index (χ0v) is 20.1. The number of hydrogen-bond donors (Lipinski definition) is 0. The minimum absolute atomic E-state index is 0.0623. The highest BCUT2D eigenvalue weighted by Gasteiger charge is 2.37. The normalized spacial score (nSPS) is 19.7. The summed E-state index contributed by atoms with van der Waals surface area (Å²) in [5.74, 6) is 0.108. The molecular formula is C23H34N4O4S. The SMILES string of the molecule is CC(C)C(Oc1ccccc1C#N)C(=O)N1CCN(S(=O)(=O)N(C)C2CCCCC2)CC1. The summed E-state index contributed by atoms with van der Waals surface area (Å²) in [6.07, 6.45) is 4.38.